The van der Waals surface area contributed by atoms with E-state index in [0.717, 1.165) is 17.7 Å². The molecular formula is C26H19BrF3N3O4S. The number of halogens is 4. The van der Waals surface area contributed by atoms with Crippen LogP contribution in [0.4, 0.5) is 18.9 Å². The molecule has 4 aromatic rings. The Hall–Kier alpha value is -3.77. The molecule has 0 atom stereocenters. The maximum atomic E-state index is 14.9. The molecule has 38 heavy (non-hydrogen) atoms. The summed E-state index contributed by atoms with van der Waals surface area (Å²) in [6, 6.07) is 17.1. The highest BCUT2D eigenvalue weighted by Gasteiger charge is 2.40. The summed E-state index contributed by atoms with van der Waals surface area (Å²) in [6.45, 7) is 1.83. The lowest BCUT2D eigenvalue weighted by atomic mass is 9.97. The fourth-order valence-corrected chi connectivity index (χ4v) is 4.62. The third-order valence-electron chi connectivity index (χ3n) is 5.64. The normalized spacial score (nSPS) is 11.8. The zero-order valence-electron chi connectivity index (χ0n) is 19.9. The molecule has 4 rings (SSSR count). The van der Waals surface area contributed by atoms with Crippen molar-refractivity contribution in [2.45, 2.75) is 19.1 Å². The molecule has 0 radical (unpaired) electrons. The van der Waals surface area contributed by atoms with Crippen LogP contribution in [-0.2, 0) is 10.0 Å². The number of hydrogen-bond donors (Lipinski definition) is 2. The predicted octanol–water partition coefficient (Wildman–Crippen LogP) is 6.04. The summed E-state index contributed by atoms with van der Waals surface area (Å²) in [6.07, 6.45) is 0. The van der Waals surface area contributed by atoms with Crippen molar-refractivity contribution in [3.05, 3.63) is 93.7 Å². The van der Waals surface area contributed by atoms with Crippen LogP contribution in [0.25, 0.3) is 22.2 Å². The Balaban J connectivity index is 1.70. The molecule has 0 saturated carbocycles. The van der Waals surface area contributed by atoms with Crippen LogP contribution in [0, 0.1) is 12.7 Å². The number of fused-ring (bicyclic) bond motifs is 1. The van der Waals surface area contributed by atoms with Gasteiger partial charge in [0, 0.05) is 27.9 Å². The number of carbonyl (C=O) groups is 2. The number of pyridine rings is 1. The van der Waals surface area contributed by atoms with E-state index in [1.54, 1.807) is 25.1 Å². The molecule has 0 aliphatic rings. The SMILES string of the molecule is Cc1c(-c2ccccc2)nc2ccc(Br)cc2c1C(=O)Nc1ccc(C(=O)NS(=O)(=O)C(C)(F)F)cc1F. The van der Waals surface area contributed by atoms with Gasteiger partial charge in [0.15, 0.2) is 0 Å². The molecule has 1 heterocycles. The summed E-state index contributed by atoms with van der Waals surface area (Å²) in [7, 11) is -5.31. The number of alkyl halides is 2. The number of sulfonamides is 1. The molecule has 0 unspecified atom stereocenters. The first-order chi connectivity index (χ1) is 17.8. The highest BCUT2D eigenvalue weighted by Crippen LogP contribution is 2.32. The first kappa shape index (κ1) is 27.3. The Labute approximate surface area is 224 Å². The maximum Gasteiger partial charge on any atom is 0.361 e. The van der Waals surface area contributed by atoms with Gasteiger partial charge in [0.25, 0.3) is 11.8 Å². The molecule has 12 heteroatoms. The lowest BCUT2D eigenvalue weighted by Crippen LogP contribution is -2.40. The number of nitrogens with one attached hydrogen (secondary N) is 2. The summed E-state index contributed by atoms with van der Waals surface area (Å²) in [5.41, 5.74) is 1.81. The van der Waals surface area contributed by atoms with Crippen molar-refractivity contribution in [1.29, 1.82) is 0 Å². The summed E-state index contributed by atoms with van der Waals surface area (Å²) in [5, 5.41) is -1.25. The van der Waals surface area contributed by atoms with E-state index in [4.69, 9.17) is 4.98 Å². The number of aromatic nitrogens is 1. The lowest BCUT2D eigenvalue weighted by Gasteiger charge is -2.16. The van der Waals surface area contributed by atoms with Crippen LogP contribution in [0.3, 0.4) is 0 Å². The molecule has 0 fully saturated rings. The number of nitrogens with zero attached hydrogens (tertiary/aromatic N) is 1. The van der Waals surface area contributed by atoms with E-state index in [1.165, 1.54) is 4.72 Å². The molecule has 0 saturated heterocycles. The van der Waals surface area contributed by atoms with E-state index in [2.05, 4.69) is 21.2 Å². The second-order valence-corrected chi connectivity index (χ2v) is 11.2. The van der Waals surface area contributed by atoms with Gasteiger partial charge in [0.2, 0.25) is 0 Å². The van der Waals surface area contributed by atoms with Crippen molar-refractivity contribution in [2.24, 2.45) is 0 Å². The molecule has 7 nitrogen and oxygen atoms in total. The van der Waals surface area contributed by atoms with Gasteiger partial charge < -0.3 is 5.32 Å². The van der Waals surface area contributed by atoms with Gasteiger partial charge in [-0.05, 0) is 48.9 Å². The number of hydrogen-bond acceptors (Lipinski definition) is 5. The van der Waals surface area contributed by atoms with Crippen molar-refractivity contribution in [3.63, 3.8) is 0 Å². The van der Waals surface area contributed by atoms with Crippen LogP contribution in [-0.4, -0.2) is 30.5 Å². The fraction of sp³-hybridized carbons (Fsp3) is 0.115. The average Bonchev–Trinajstić information content (AvgIpc) is 2.84. The van der Waals surface area contributed by atoms with Crippen molar-refractivity contribution < 1.29 is 31.2 Å². The smallest absolute Gasteiger partial charge is 0.319 e. The highest BCUT2D eigenvalue weighted by molar-refractivity contribution is 9.10. The number of amides is 2. The van der Waals surface area contributed by atoms with E-state index in [1.807, 2.05) is 30.3 Å². The van der Waals surface area contributed by atoms with Crippen LogP contribution < -0.4 is 10.0 Å². The Morgan fingerprint density at radius 2 is 1.66 bits per heavy atom. The van der Waals surface area contributed by atoms with E-state index in [-0.39, 0.29) is 18.2 Å². The van der Waals surface area contributed by atoms with E-state index >= 15 is 0 Å². The highest BCUT2D eigenvalue weighted by atomic mass is 79.9. The van der Waals surface area contributed by atoms with Gasteiger partial charge in [0.1, 0.15) is 5.82 Å². The molecule has 2 amide bonds. The minimum Gasteiger partial charge on any atom is -0.319 e. The van der Waals surface area contributed by atoms with Gasteiger partial charge >= 0.3 is 15.3 Å². The summed E-state index contributed by atoms with van der Waals surface area (Å²) in [5.74, 6) is -3.18. The Morgan fingerprint density at radius 3 is 2.29 bits per heavy atom. The van der Waals surface area contributed by atoms with Gasteiger partial charge in [0.05, 0.1) is 22.5 Å². The minimum absolute atomic E-state index is 0.106. The molecular weight excluding hydrogens is 587 g/mol. The Kier molecular flexibility index (Phi) is 7.31. The first-order valence-corrected chi connectivity index (χ1v) is 13.3. The van der Waals surface area contributed by atoms with E-state index in [0.29, 0.717) is 32.7 Å². The zero-order valence-corrected chi connectivity index (χ0v) is 22.3. The van der Waals surface area contributed by atoms with E-state index < -0.39 is 38.5 Å². The van der Waals surface area contributed by atoms with Crippen molar-refractivity contribution in [1.82, 2.24) is 9.71 Å². The molecule has 0 bridgehead atoms. The second kappa shape index (κ2) is 10.2. The van der Waals surface area contributed by atoms with Gasteiger partial charge in [-0.25, -0.2) is 22.5 Å². The maximum absolute atomic E-state index is 14.9. The average molecular weight is 606 g/mol. The largest absolute Gasteiger partial charge is 0.361 e. The zero-order chi connectivity index (χ0) is 27.8. The van der Waals surface area contributed by atoms with Gasteiger partial charge in [-0.2, -0.15) is 8.78 Å². The van der Waals surface area contributed by atoms with Crippen LogP contribution in [0.2, 0.25) is 0 Å². The quantitative estimate of drug-likeness (QED) is 0.279. The summed E-state index contributed by atoms with van der Waals surface area (Å²) >= 11 is 3.39. The summed E-state index contributed by atoms with van der Waals surface area (Å²) in [4.78, 5) is 30.3. The number of benzene rings is 3. The van der Waals surface area contributed by atoms with Gasteiger partial charge in [-0.15, -0.1) is 0 Å². The standard InChI is InChI=1S/C26H19BrF3N3O4S/c1-14-22(18-13-17(27)9-11-20(18)31-23(14)15-6-4-3-5-7-15)25(35)32-21-10-8-16(12-19(21)28)24(34)33-38(36,37)26(2,29)30/h3-13H,1-2H3,(H,32,35)(H,33,34). The molecule has 0 aliphatic heterocycles. The molecule has 1 aromatic heterocycles. The molecule has 0 aliphatic carbocycles. The monoisotopic (exact) mass is 605 g/mol. The third-order valence-corrected chi connectivity index (χ3v) is 7.53. The van der Waals surface area contributed by atoms with Gasteiger partial charge in [-0.1, -0.05) is 46.3 Å². The van der Waals surface area contributed by atoms with E-state index in [9.17, 15) is 31.2 Å². The van der Waals surface area contributed by atoms with Crippen LogP contribution in [0.5, 0.6) is 0 Å². The van der Waals surface area contributed by atoms with Crippen molar-refractivity contribution >= 4 is 54.4 Å². The molecule has 0 spiro atoms. The van der Waals surface area contributed by atoms with Crippen LogP contribution in [0.15, 0.2) is 71.2 Å². The minimum atomic E-state index is -5.31. The third kappa shape index (κ3) is 5.41. The number of anilines is 1. The Bertz CT molecular complexity index is 1690. The fourth-order valence-electron chi connectivity index (χ4n) is 3.71. The van der Waals surface area contributed by atoms with Crippen LogP contribution in [0.1, 0.15) is 33.2 Å². The molecule has 2 N–H and O–H groups in total. The Morgan fingerprint density at radius 1 is 0.974 bits per heavy atom. The topological polar surface area (TPSA) is 105 Å². The second-order valence-electron chi connectivity index (χ2n) is 8.38. The lowest BCUT2D eigenvalue weighted by molar-refractivity contribution is 0.0939. The van der Waals surface area contributed by atoms with Crippen molar-refractivity contribution in [3.8, 4) is 11.3 Å². The van der Waals surface area contributed by atoms with Crippen LogP contribution >= 0.6 is 15.9 Å². The number of rotatable bonds is 6. The van der Waals surface area contributed by atoms with Crippen molar-refractivity contribution in [2.75, 3.05) is 5.32 Å². The summed E-state index contributed by atoms with van der Waals surface area (Å²) < 4.78 is 66.2. The number of carbonyl (C=O) groups excluding carboxylic acids is 2. The first-order valence-electron chi connectivity index (χ1n) is 11.0. The predicted molar refractivity (Wildman–Crippen MR) is 141 cm³/mol. The molecule has 3 aromatic carbocycles. The molecule has 196 valence electrons. The van der Waals surface area contributed by atoms with Gasteiger partial charge in [-0.3, -0.25) is 9.59 Å².